The van der Waals surface area contributed by atoms with E-state index >= 15 is 0 Å². The van der Waals surface area contributed by atoms with E-state index in [1.165, 1.54) is 32.1 Å². The van der Waals surface area contributed by atoms with Gasteiger partial charge < -0.3 is 11.1 Å². The van der Waals surface area contributed by atoms with Gasteiger partial charge in [0, 0.05) is 6.54 Å². The van der Waals surface area contributed by atoms with E-state index in [4.69, 9.17) is 5.73 Å². The molecule has 2 heterocycles. The molecule has 0 aliphatic heterocycles. The number of nitrogens with zero attached hydrogens (tertiary/aromatic N) is 3. The zero-order valence-corrected chi connectivity index (χ0v) is 11.4. The summed E-state index contributed by atoms with van der Waals surface area (Å²) in [7, 11) is 0. The van der Waals surface area contributed by atoms with Gasteiger partial charge in [-0.25, -0.2) is 0 Å². The largest absolute Gasteiger partial charge is 0.369 e. The number of nitrogens with two attached hydrogens (primary N) is 1. The van der Waals surface area contributed by atoms with Gasteiger partial charge in [-0.15, -0.1) is 0 Å². The first-order chi connectivity index (χ1) is 9.31. The van der Waals surface area contributed by atoms with Gasteiger partial charge in [0.1, 0.15) is 5.82 Å². The Morgan fingerprint density at radius 2 is 1.95 bits per heavy atom. The summed E-state index contributed by atoms with van der Waals surface area (Å²) >= 11 is 0. The van der Waals surface area contributed by atoms with Crippen LogP contribution in [0.5, 0.6) is 0 Å². The van der Waals surface area contributed by atoms with Gasteiger partial charge >= 0.3 is 0 Å². The lowest BCUT2D eigenvalue weighted by atomic mass is 10.1. The monoisotopic (exact) mass is 262 g/mol. The Balaban J connectivity index is 1.79. The topological polar surface area (TPSA) is 92.5 Å². The zero-order valence-electron chi connectivity index (χ0n) is 11.4. The van der Waals surface area contributed by atoms with Gasteiger partial charge in [0.15, 0.2) is 5.65 Å². The van der Waals surface area contributed by atoms with E-state index in [1.807, 2.05) is 0 Å². The molecule has 0 spiro atoms. The molecule has 0 amide bonds. The molecule has 0 aromatic carbocycles. The van der Waals surface area contributed by atoms with Gasteiger partial charge in [-0.1, -0.05) is 39.0 Å². The lowest BCUT2D eigenvalue weighted by molar-refractivity contribution is 0.617. The first-order valence-electron chi connectivity index (χ1n) is 7.01. The third kappa shape index (κ3) is 3.81. The minimum atomic E-state index is 0.266. The predicted octanol–water partition coefficient (Wildman–Crippen LogP) is 2.71. The normalized spacial score (nSPS) is 11.0. The van der Waals surface area contributed by atoms with Crippen molar-refractivity contribution in [3.63, 3.8) is 0 Å². The van der Waals surface area contributed by atoms with Crippen molar-refractivity contribution in [2.75, 3.05) is 17.6 Å². The number of hydrogen-bond acceptors (Lipinski definition) is 5. The van der Waals surface area contributed by atoms with E-state index < -0.39 is 0 Å². The van der Waals surface area contributed by atoms with Crippen LogP contribution in [-0.2, 0) is 0 Å². The van der Waals surface area contributed by atoms with Crippen LogP contribution in [0.3, 0.4) is 0 Å². The van der Waals surface area contributed by atoms with Crippen molar-refractivity contribution in [3.8, 4) is 0 Å². The summed E-state index contributed by atoms with van der Waals surface area (Å²) in [5.74, 6) is 1.03. The molecule has 6 nitrogen and oxygen atoms in total. The second kappa shape index (κ2) is 6.92. The van der Waals surface area contributed by atoms with Gasteiger partial charge in [0.2, 0.25) is 5.95 Å². The Morgan fingerprint density at radius 3 is 2.79 bits per heavy atom. The number of nitrogens with one attached hydrogen (secondary N) is 2. The molecular formula is C13H22N6. The number of aromatic nitrogens is 4. The Hall–Kier alpha value is -1.85. The van der Waals surface area contributed by atoms with Crippen molar-refractivity contribution >= 4 is 22.8 Å². The van der Waals surface area contributed by atoms with E-state index in [1.54, 1.807) is 6.20 Å². The summed E-state index contributed by atoms with van der Waals surface area (Å²) in [6.07, 6.45) is 9.39. The predicted molar refractivity (Wildman–Crippen MR) is 78.0 cm³/mol. The van der Waals surface area contributed by atoms with E-state index in [0.29, 0.717) is 5.65 Å². The lowest BCUT2D eigenvalue weighted by Crippen LogP contribution is -2.06. The molecule has 2 aromatic rings. The zero-order chi connectivity index (χ0) is 13.5. The van der Waals surface area contributed by atoms with E-state index in [9.17, 15) is 0 Å². The van der Waals surface area contributed by atoms with Crippen LogP contribution in [0.1, 0.15) is 45.4 Å². The number of aromatic amines is 1. The van der Waals surface area contributed by atoms with E-state index in [2.05, 4.69) is 32.4 Å². The molecule has 0 saturated carbocycles. The quantitative estimate of drug-likeness (QED) is 0.636. The summed E-state index contributed by atoms with van der Waals surface area (Å²) < 4.78 is 0. The van der Waals surface area contributed by atoms with Crippen LogP contribution in [0.15, 0.2) is 6.20 Å². The van der Waals surface area contributed by atoms with Gasteiger partial charge in [-0.05, 0) is 6.42 Å². The maximum absolute atomic E-state index is 5.66. The van der Waals surface area contributed by atoms with Crippen LogP contribution in [0.4, 0.5) is 11.8 Å². The van der Waals surface area contributed by atoms with E-state index in [-0.39, 0.29) is 5.95 Å². The standard InChI is InChI=1S/C13H22N6/c1-2-3-4-5-6-7-8-15-11-10-9-16-19-12(10)18-13(14)17-11/h9H,2-8H2,1H3,(H4,14,15,16,17,18,19). The number of rotatable bonds is 8. The van der Waals surface area contributed by atoms with E-state index in [0.717, 1.165) is 24.2 Å². The molecule has 0 atom stereocenters. The minimum Gasteiger partial charge on any atom is -0.369 e. The molecule has 2 aromatic heterocycles. The van der Waals surface area contributed by atoms with Crippen molar-refractivity contribution in [1.29, 1.82) is 0 Å². The molecule has 6 heteroatoms. The van der Waals surface area contributed by atoms with Gasteiger partial charge in [-0.3, -0.25) is 5.10 Å². The Kier molecular flexibility index (Phi) is 4.94. The fourth-order valence-electron chi connectivity index (χ4n) is 2.10. The average molecular weight is 262 g/mol. The Bertz CT molecular complexity index is 507. The fourth-order valence-corrected chi connectivity index (χ4v) is 2.10. The lowest BCUT2D eigenvalue weighted by Gasteiger charge is -2.06. The number of nitrogen functional groups attached to an aromatic ring is 1. The molecule has 0 unspecified atom stereocenters. The molecule has 104 valence electrons. The first-order valence-corrected chi connectivity index (χ1v) is 7.01. The molecule has 0 aliphatic rings. The molecule has 0 aliphatic carbocycles. The van der Waals surface area contributed by atoms with Crippen LogP contribution in [0.25, 0.3) is 11.0 Å². The molecule has 0 fully saturated rings. The maximum atomic E-state index is 5.66. The molecule has 0 bridgehead atoms. The highest BCUT2D eigenvalue weighted by molar-refractivity contribution is 5.86. The Morgan fingerprint density at radius 1 is 1.16 bits per heavy atom. The fraction of sp³-hybridized carbons (Fsp3) is 0.615. The molecule has 2 rings (SSSR count). The smallest absolute Gasteiger partial charge is 0.224 e. The van der Waals surface area contributed by atoms with Crippen molar-refractivity contribution in [2.45, 2.75) is 45.4 Å². The third-order valence-corrected chi connectivity index (χ3v) is 3.15. The highest BCUT2D eigenvalue weighted by atomic mass is 15.2. The molecule has 19 heavy (non-hydrogen) atoms. The van der Waals surface area contributed by atoms with Gasteiger partial charge in [-0.2, -0.15) is 15.1 Å². The third-order valence-electron chi connectivity index (χ3n) is 3.15. The molecular weight excluding hydrogens is 240 g/mol. The van der Waals surface area contributed by atoms with Crippen LogP contribution in [0.2, 0.25) is 0 Å². The first kappa shape index (κ1) is 13.6. The maximum Gasteiger partial charge on any atom is 0.224 e. The highest BCUT2D eigenvalue weighted by Gasteiger charge is 2.06. The summed E-state index contributed by atoms with van der Waals surface area (Å²) in [5.41, 5.74) is 6.34. The SMILES string of the molecule is CCCCCCCCNc1nc(N)nc2[nH]ncc12. The second-order valence-electron chi connectivity index (χ2n) is 4.76. The second-order valence-corrected chi connectivity index (χ2v) is 4.76. The van der Waals surface area contributed by atoms with Crippen LogP contribution in [0, 0.1) is 0 Å². The minimum absolute atomic E-state index is 0.266. The molecule has 4 N–H and O–H groups in total. The van der Waals surface area contributed by atoms with Crippen molar-refractivity contribution in [1.82, 2.24) is 20.2 Å². The van der Waals surface area contributed by atoms with Gasteiger partial charge in [0.25, 0.3) is 0 Å². The van der Waals surface area contributed by atoms with Crippen molar-refractivity contribution in [2.24, 2.45) is 0 Å². The number of unbranched alkanes of at least 4 members (excludes halogenated alkanes) is 5. The summed E-state index contributed by atoms with van der Waals surface area (Å²) in [6.45, 7) is 3.14. The average Bonchev–Trinajstić information content (AvgIpc) is 2.85. The molecule has 0 radical (unpaired) electrons. The number of fused-ring (bicyclic) bond motifs is 1. The summed E-state index contributed by atoms with van der Waals surface area (Å²) in [6, 6.07) is 0. The van der Waals surface area contributed by atoms with Crippen LogP contribution in [-0.4, -0.2) is 26.7 Å². The van der Waals surface area contributed by atoms with Crippen molar-refractivity contribution in [3.05, 3.63) is 6.20 Å². The molecule has 0 saturated heterocycles. The van der Waals surface area contributed by atoms with Crippen molar-refractivity contribution < 1.29 is 0 Å². The van der Waals surface area contributed by atoms with Gasteiger partial charge in [0.05, 0.1) is 11.6 Å². The number of H-pyrrole nitrogens is 1. The van der Waals surface area contributed by atoms with Crippen LogP contribution >= 0.6 is 0 Å². The van der Waals surface area contributed by atoms with Crippen LogP contribution < -0.4 is 11.1 Å². The number of hydrogen-bond donors (Lipinski definition) is 3. The summed E-state index contributed by atoms with van der Waals surface area (Å²) in [4.78, 5) is 8.30. The Labute approximate surface area is 113 Å². The summed E-state index contributed by atoms with van der Waals surface area (Å²) in [5, 5.41) is 11.0. The number of anilines is 2. The highest BCUT2D eigenvalue weighted by Crippen LogP contribution is 2.18.